The van der Waals surface area contributed by atoms with Gasteiger partial charge < -0.3 is 20.4 Å². The Morgan fingerprint density at radius 2 is 1.81 bits per heavy atom. The molecule has 2 aromatic rings. The van der Waals surface area contributed by atoms with Gasteiger partial charge in [0, 0.05) is 23.2 Å². The van der Waals surface area contributed by atoms with Crippen molar-refractivity contribution in [2.75, 3.05) is 6.54 Å². The fraction of sp³-hybridized carbons (Fsp3) is 0.300. The van der Waals surface area contributed by atoms with Crippen LogP contribution in [0.3, 0.4) is 0 Å². The van der Waals surface area contributed by atoms with Gasteiger partial charge in [-0.05, 0) is 57.8 Å². The molecule has 0 saturated carbocycles. The van der Waals surface area contributed by atoms with Crippen LogP contribution in [0.4, 0.5) is 0 Å². The van der Waals surface area contributed by atoms with Crippen molar-refractivity contribution in [3.63, 3.8) is 0 Å². The van der Waals surface area contributed by atoms with Gasteiger partial charge in [0.15, 0.2) is 12.2 Å². The van der Waals surface area contributed by atoms with Gasteiger partial charge in [0.25, 0.3) is 11.8 Å². The Kier molecular flexibility index (Phi) is 6.46. The SMILES string of the molecule is O=C(NCc1cccc(I)c1)[C@H](O)[C@@H](O)C(=O)N1CCc2ccccc2C1. The van der Waals surface area contributed by atoms with E-state index in [0.717, 1.165) is 14.7 Å². The number of rotatable bonds is 5. The highest BCUT2D eigenvalue weighted by Crippen LogP contribution is 2.19. The van der Waals surface area contributed by atoms with E-state index in [4.69, 9.17) is 0 Å². The summed E-state index contributed by atoms with van der Waals surface area (Å²) in [6.45, 7) is 1.03. The molecule has 0 radical (unpaired) electrons. The summed E-state index contributed by atoms with van der Waals surface area (Å²) >= 11 is 2.17. The molecule has 0 spiro atoms. The molecular formula is C20H21IN2O4. The summed E-state index contributed by atoms with van der Waals surface area (Å²) in [6.07, 6.45) is -2.91. The first kappa shape index (κ1) is 19.8. The summed E-state index contributed by atoms with van der Waals surface area (Å²) in [7, 11) is 0. The van der Waals surface area contributed by atoms with Gasteiger partial charge in [-0.15, -0.1) is 0 Å². The zero-order chi connectivity index (χ0) is 19.4. The standard InChI is InChI=1S/C20H21IN2O4/c21-16-7-3-4-13(10-16)11-22-19(26)17(24)18(25)20(27)23-9-8-14-5-1-2-6-15(14)12-23/h1-7,10,17-18,24-25H,8-9,11-12H2,(H,22,26)/t17-,18-/m1/s1. The van der Waals surface area contributed by atoms with Gasteiger partial charge in [-0.2, -0.15) is 0 Å². The first-order valence-electron chi connectivity index (χ1n) is 8.69. The summed E-state index contributed by atoms with van der Waals surface area (Å²) in [5, 5.41) is 22.9. The molecule has 27 heavy (non-hydrogen) atoms. The van der Waals surface area contributed by atoms with Gasteiger partial charge in [-0.25, -0.2) is 0 Å². The molecule has 1 heterocycles. The second-order valence-electron chi connectivity index (χ2n) is 6.52. The smallest absolute Gasteiger partial charge is 0.255 e. The highest BCUT2D eigenvalue weighted by Gasteiger charge is 2.34. The van der Waals surface area contributed by atoms with Crippen LogP contribution < -0.4 is 5.32 Å². The topological polar surface area (TPSA) is 89.9 Å². The third-order valence-electron chi connectivity index (χ3n) is 4.62. The molecular weight excluding hydrogens is 459 g/mol. The number of fused-ring (bicyclic) bond motifs is 1. The number of nitrogens with one attached hydrogen (secondary N) is 1. The van der Waals surface area contributed by atoms with Crippen molar-refractivity contribution in [3.05, 3.63) is 68.8 Å². The summed E-state index contributed by atoms with van der Waals surface area (Å²) < 4.78 is 1.03. The summed E-state index contributed by atoms with van der Waals surface area (Å²) in [4.78, 5) is 26.1. The van der Waals surface area contributed by atoms with Crippen LogP contribution in [0.15, 0.2) is 48.5 Å². The van der Waals surface area contributed by atoms with Crippen LogP contribution >= 0.6 is 22.6 Å². The second kappa shape index (κ2) is 8.81. The number of halogens is 1. The summed E-state index contributed by atoms with van der Waals surface area (Å²) in [6, 6.07) is 15.4. The van der Waals surface area contributed by atoms with Crippen molar-refractivity contribution in [1.29, 1.82) is 0 Å². The molecule has 142 valence electrons. The van der Waals surface area contributed by atoms with E-state index < -0.39 is 24.0 Å². The number of carbonyl (C=O) groups is 2. The molecule has 0 bridgehead atoms. The fourth-order valence-electron chi connectivity index (χ4n) is 3.09. The third kappa shape index (κ3) is 4.85. The number of hydrogen-bond acceptors (Lipinski definition) is 4. The van der Waals surface area contributed by atoms with Crippen molar-refractivity contribution in [1.82, 2.24) is 10.2 Å². The third-order valence-corrected chi connectivity index (χ3v) is 5.29. The predicted molar refractivity (Wildman–Crippen MR) is 109 cm³/mol. The van der Waals surface area contributed by atoms with Crippen LogP contribution in [0.1, 0.15) is 16.7 Å². The number of nitrogens with zero attached hydrogens (tertiary/aromatic N) is 1. The Labute approximate surface area is 171 Å². The minimum atomic E-state index is -1.81. The van der Waals surface area contributed by atoms with Gasteiger partial charge in [0.2, 0.25) is 0 Å². The number of amides is 2. The monoisotopic (exact) mass is 480 g/mol. The Hall–Kier alpha value is -1.97. The van der Waals surface area contributed by atoms with E-state index in [1.54, 1.807) is 0 Å². The van der Waals surface area contributed by atoms with E-state index in [0.29, 0.717) is 19.5 Å². The Balaban J connectivity index is 1.57. The second-order valence-corrected chi connectivity index (χ2v) is 7.76. The molecule has 3 N–H and O–H groups in total. The van der Waals surface area contributed by atoms with E-state index in [-0.39, 0.29) is 6.54 Å². The molecule has 0 saturated heterocycles. The van der Waals surface area contributed by atoms with Gasteiger partial charge in [-0.1, -0.05) is 36.4 Å². The molecule has 0 fully saturated rings. The number of hydrogen-bond donors (Lipinski definition) is 3. The average molecular weight is 480 g/mol. The maximum atomic E-state index is 12.5. The van der Waals surface area contributed by atoms with Crippen molar-refractivity contribution < 1.29 is 19.8 Å². The highest BCUT2D eigenvalue weighted by atomic mass is 127. The molecule has 2 atom stereocenters. The van der Waals surface area contributed by atoms with Crippen molar-refractivity contribution in [3.8, 4) is 0 Å². The molecule has 1 aliphatic heterocycles. The van der Waals surface area contributed by atoms with Crippen molar-refractivity contribution in [2.24, 2.45) is 0 Å². The van der Waals surface area contributed by atoms with E-state index >= 15 is 0 Å². The molecule has 0 aromatic heterocycles. The molecule has 0 unspecified atom stereocenters. The molecule has 2 aromatic carbocycles. The minimum absolute atomic E-state index is 0.213. The molecule has 6 nitrogen and oxygen atoms in total. The quantitative estimate of drug-likeness (QED) is 0.562. The van der Waals surface area contributed by atoms with Crippen LogP contribution in [0.5, 0.6) is 0 Å². The Morgan fingerprint density at radius 3 is 2.56 bits per heavy atom. The lowest BCUT2D eigenvalue weighted by Crippen LogP contribution is -2.51. The summed E-state index contributed by atoms with van der Waals surface area (Å²) in [5.41, 5.74) is 3.06. The van der Waals surface area contributed by atoms with E-state index in [1.165, 1.54) is 10.5 Å². The van der Waals surface area contributed by atoms with Crippen molar-refractivity contribution >= 4 is 34.4 Å². The first-order valence-corrected chi connectivity index (χ1v) is 9.77. The maximum absolute atomic E-state index is 12.5. The number of carbonyl (C=O) groups excluding carboxylic acids is 2. The molecule has 1 aliphatic rings. The van der Waals surface area contributed by atoms with E-state index in [1.807, 2.05) is 48.5 Å². The predicted octanol–water partition coefficient (Wildman–Crippen LogP) is 1.21. The highest BCUT2D eigenvalue weighted by molar-refractivity contribution is 14.1. The van der Waals surface area contributed by atoms with Crippen LogP contribution in [-0.4, -0.2) is 45.7 Å². The lowest BCUT2D eigenvalue weighted by atomic mass is 9.99. The number of aliphatic hydroxyl groups is 2. The molecule has 7 heteroatoms. The Morgan fingerprint density at radius 1 is 1.07 bits per heavy atom. The summed E-state index contributed by atoms with van der Waals surface area (Å²) in [5.74, 6) is -1.41. The van der Waals surface area contributed by atoms with Gasteiger partial charge in [0.1, 0.15) is 0 Å². The van der Waals surface area contributed by atoms with Crippen molar-refractivity contribution in [2.45, 2.75) is 31.7 Å². The average Bonchev–Trinajstić information content (AvgIpc) is 2.70. The van der Waals surface area contributed by atoms with Crippen LogP contribution in [0.25, 0.3) is 0 Å². The lowest BCUT2D eigenvalue weighted by Gasteiger charge is -2.31. The maximum Gasteiger partial charge on any atom is 0.255 e. The fourth-order valence-corrected chi connectivity index (χ4v) is 3.70. The van der Waals surface area contributed by atoms with Gasteiger partial charge in [0.05, 0.1) is 0 Å². The molecule has 2 amide bonds. The normalized spacial score (nSPS) is 15.6. The molecule has 3 rings (SSSR count). The van der Waals surface area contributed by atoms with Gasteiger partial charge in [-0.3, -0.25) is 9.59 Å². The van der Waals surface area contributed by atoms with E-state index in [9.17, 15) is 19.8 Å². The van der Waals surface area contributed by atoms with Crippen LogP contribution in [-0.2, 0) is 29.1 Å². The van der Waals surface area contributed by atoms with Crippen LogP contribution in [0.2, 0.25) is 0 Å². The zero-order valence-electron chi connectivity index (χ0n) is 14.6. The largest absolute Gasteiger partial charge is 0.380 e. The van der Waals surface area contributed by atoms with Crippen LogP contribution in [0, 0.1) is 3.57 Å². The molecule has 0 aliphatic carbocycles. The lowest BCUT2D eigenvalue weighted by molar-refractivity contribution is -0.153. The first-order chi connectivity index (χ1) is 13.0. The zero-order valence-corrected chi connectivity index (χ0v) is 16.8. The number of benzene rings is 2. The Bertz CT molecular complexity index is 842. The van der Waals surface area contributed by atoms with E-state index in [2.05, 4.69) is 27.9 Å². The minimum Gasteiger partial charge on any atom is -0.380 e. The van der Waals surface area contributed by atoms with Gasteiger partial charge >= 0.3 is 0 Å². The number of aliphatic hydroxyl groups excluding tert-OH is 2.